The Morgan fingerprint density at radius 3 is 2.62 bits per heavy atom. The minimum Gasteiger partial charge on any atom is -0.390 e. The first-order valence-corrected chi connectivity index (χ1v) is 6.44. The van der Waals surface area contributed by atoms with E-state index in [0.717, 1.165) is 44.7 Å². The van der Waals surface area contributed by atoms with Crippen LogP contribution in [-0.2, 0) is 0 Å². The highest BCUT2D eigenvalue weighted by molar-refractivity contribution is 5.77. The van der Waals surface area contributed by atoms with E-state index in [2.05, 4.69) is 10.3 Å². The summed E-state index contributed by atoms with van der Waals surface area (Å²) in [4.78, 5) is 4.31. The van der Waals surface area contributed by atoms with Gasteiger partial charge in [-0.1, -0.05) is 6.42 Å². The summed E-state index contributed by atoms with van der Waals surface area (Å²) in [7, 11) is 0. The van der Waals surface area contributed by atoms with Crippen LogP contribution in [0.3, 0.4) is 0 Å². The Hall–Kier alpha value is -0.770. The van der Waals surface area contributed by atoms with Crippen LogP contribution in [0.15, 0.2) is 4.99 Å². The molecule has 2 saturated carbocycles. The minimum atomic E-state index is -0.415. The molecule has 4 heteroatoms. The first kappa shape index (κ1) is 11.7. The number of aliphatic hydroxyl groups is 1. The molecule has 0 heterocycles. The fraction of sp³-hybridized carbons (Fsp3) is 0.917. The van der Waals surface area contributed by atoms with Crippen molar-refractivity contribution in [3.63, 3.8) is 0 Å². The van der Waals surface area contributed by atoms with Crippen LogP contribution in [0.5, 0.6) is 0 Å². The molecule has 0 bridgehead atoms. The lowest BCUT2D eigenvalue weighted by atomic mass is 9.78. The normalized spacial score (nSPS) is 24.7. The number of aliphatic imine (C=N–C) groups is 1. The summed E-state index contributed by atoms with van der Waals surface area (Å²) < 4.78 is 0. The average Bonchev–Trinajstić information content (AvgIpc) is 2.13. The van der Waals surface area contributed by atoms with E-state index in [1.807, 2.05) is 0 Å². The number of guanidine groups is 1. The highest BCUT2D eigenvalue weighted by Gasteiger charge is 2.33. The topological polar surface area (TPSA) is 70.6 Å². The predicted octanol–water partition coefficient (Wildman–Crippen LogP) is 0.996. The zero-order valence-electron chi connectivity index (χ0n) is 9.91. The summed E-state index contributed by atoms with van der Waals surface area (Å²) in [6.45, 7) is 1.60. The van der Waals surface area contributed by atoms with Crippen molar-refractivity contribution in [2.75, 3.05) is 13.1 Å². The Kier molecular flexibility index (Phi) is 3.69. The highest BCUT2D eigenvalue weighted by Crippen LogP contribution is 2.34. The van der Waals surface area contributed by atoms with E-state index in [9.17, 15) is 5.11 Å². The fourth-order valence-corrected chi connectivity index (χ4v) is 2.22. The van der Waals surface area contributed by atoms with Gasteiger partial charge in [0.2, 0.25) is 0 Å². The Bertz CT molecular complexity index is 257. The molecule has 0 saturated heterocycles. The van der Waals surface area contributed by atoms with Crippen molar-refractivity contribution in [3.05, 3.63) is 0 Å². The van der Waals surface area contributed by atoms with Crippen LogP contribution < -0.4 is 11.1 Å². The van der Waals surface area contributed by atoms with Gasteiger partial charge in [0.1, 0.15) is 0 Å². The van der Waals surface area contributed by atoms with Gasteiger partial charge in [-0.3, -0.25) is 4.99 Å². The Labute approximate surface area is 97.3 Å². The molecule has 92 valence electrons. The summed E-state index contributed by atoms with van der Waals surface area (Å²) in [6.07, 6.45) is 7.77. The van der Waals surface area contributed by atoms with E-state index in [-0.39, 0.29) is 0 Å². The van der Waals surface area contributed by atoms with Gasteiger partial charge in [0, 0.05) is 13.1 Å². The minimum absolute atomic E-state index is 0.415. The predicted molar refractivity (Wildman–Crippen MR) is 65.3 cm³/mol. The molecule has 0 radical (unpaired) electrons. The molecule has 4 N–H and O–H groups in total. The van der Waals surface area contributed by atoms with Gasteiger partial charge in [-0.2, -0.15) is 0 Å². The van der Waals surface area contributed by atoms with Crippen LogP contribution >= 0.6 is 0 Å². The standard InChI is InChI=1S/C12H23N3O/c13-11(15-9-10-3-1-4-10)14-8-7-12(16)5-2-6-12/h10,16H,1-9H2,(H3,13,14,15). The largest absolute Gasteiger partial charge is 0.390 e. The van der Waals surface area contributed by atoms with E-state index < -0.39 is 5.60 Å². The zero-order valence-corrected chi connectivity index (χ0v) is 9.91. The monoisotopic (exact) mass is 225 g/mol. The molecule has 2 aliphatic carbocycles. The Morgan fingerprint density at radius 2 is 2.12 bits per heavy atom. The molecule has 2 rings (SSSR count). The van der Waals surface area contributed by atoms with Crippen molar-refractivity contribution >= 4 is 5.96 Å². The summed E-state index contributed by atoms with van der Waals surface area (Å²) >= 11 is 0. The second-order valence-corrected chi connectivity index (χ2v) is 5.28. The second kappa shape index (κ2) is 5.04. The smallest absolute Gasteiger partial charge is 0.188 e. The molecule has 0 unspecified atom stereocenters. The SMILES string of the molecule is NC(=NCC1CCC1)NCCC1(O)CCC1. The van der Waals surface area contributed by atoms with Gasteiger partial charge in [-0.25, -0.2) is 0 Å². The maximum atomic E-state index is 9.87. The van der Waals surface area contributed by atoms with Gasteiger partial charge in [-0.15, -0.1) is 0 Å². The van der Waals surface area contributed by atoms with Crippen LogP contribution in [-0.4, -0.2) is 29.8 Å². The third-order valence-corrected chi connectivity index (χ3v) is 3.93. The lowest BCUT2D eigenvalue weighted by Gasteiger charge is -2.36. The quantitative estimate of drug-likeness (QED) is 0.483. The summed E-state index contributed by atoms with van der Waals surface area (Å²) in [5.74, 6) is 1.30. The van der Waals surface area contributed by atoms with Crippen molar-refractivity contribution in [2.45, 2.75) is 50.5 Å². The molecule has 0 aromatic carbocycles. The Balaban J connectivity index is 1.57. The molecule has 0 aromatic heterocycles. The lowest BCUT2D eigenvalue weighted by molar-refractivity contribution is -0.0386. The molecule has 0 aromatic rings. The third kappa shape index (κ3) is 3.11. The zero-order chi connectivity index (χ0) is 11.4. The van der Waals surface area contributed by atoms with Crippen molar-refractivity contribution in [2.24, 2.45) is 16.6 Å². The number of rotatable bonds is 5. The van der Waals surface area contributed by atoms with Crippen molar-refractivity contribution in [1.82, 2.24) is 5.32 Å². The third-order valence-electron chi connectivity index (χ3n) is 3.93. The summed E-state index contributed by atoms with van der Waals surface area (Å²) in [6, 6.07) is 0. The van der Waals surface area contributed by atoms with Gasteiger partial charge in [0.15, 0.2) is 5.96 Å². The van der Waals surface area contributed by atoms with E-state index in [0.29, 0.717) is 5.96 Å². The molecule has 0 amide bonds. The summed E-state index contributed by atoms with van der Waals surface area (Å²) in [5, 5.41) is 12.9. The van der Waals surface area contributed by atoms with E-state index >= 15 is 0 Å². The molecular weight excluding hydrogens is 202 g/mol. The first-order valence-electron chi connectivity index (χ1n) is 6.44. The van der Waals surface area contributed by atoms with E-state index in [1.165, 1.54) is 19.3 Å². The summed E-state index contributed by atoms with van der Waals surface area (Å²) in [5.41, 5.74) is 5.33. The maximum Gasteiger partial charge on any atom is 0.188 e. The molecule has 2 fully saturated rings. The number of nitrogens with one attached hydrogen (secondary N) is 1. The number of nitrogens with zero attached hydrogens (tertiary/aromatic N) is 1. The van der Waals surface area contributed by atoms with Crippen molar-refractivity contribution < 1.29 is 5.11 Å². The van der Waals surface area contributed by atoms with Gasteiger partial charge in [0.05, 0.1) is 5.60 Å². The van der Waals surface area contributed by atoms with Crippen LogP contribution in [0.25, 0.3) is 0 Å². The van der Waals surface area contributed by atoms with Crippen LogP contribution in [0.4, 0.5) is 0 Å². The van der Waals surface area contributed by atoms with Crippen molar-refractivity contribution in [3.8, 4) is 0 Å². The van der Waals surface area contributed by atoms with Gasteiger partial charge in [0.25, 0.3) is 0 Å². The molecular formula is C12H23N3O. The van der Waals surface area contributed by atoms with E-state index in [1.54, 1.807) is 0 Å². The molecule has 0 spiro atoms. The molecule has 16 heavy (non-hydrogen) atoms. The maximum absolute atomic E-state index is 9.87. The van der Waals surface area contributed by atoms with Crippen LogP contribution in [0.1, 0.15) is 44.9 Å². The second-order valence-electron chi connectivity index (χ2n) is 5.28. The molecule has 0 aliphatic heterocycles. The average molecular weight is 225 g/mol. The first-order chi connectivity index (χ1) is 7.68. The highest BCUT2D eigenvalue weighted by atomic mass is 16.3. The lowest BCUT2D eigenvalue weighted by Crippen LogP contribution is -2.42. The van der Waals surface area contributed by atoms with Crippen LogP contribution in [0, 0.1) is 5.92 Å². The van der Waals surface area contributed by atoms with E-state index in [4.69, 9.17) is 5.73 Å². The van der Waals surface area contributed by atoms with Crippen molar-refractivity contribution in [1.29, 1.82) is 0 Å². The van der Waals surface area contributed by atoms with Gasteiger partial charge >= 0.3 is 0 Å². The van der Waals surface area contributed by atoms with Crippen LogP contribution in [0.2, 0.25) is 0 Å². The van der Waals surface area contributed by atoms with Gasteiger partial charge in [-0.05, 0) is 44.4 Å². The number of hydrogen-bond donors (Lipinski definition) is 3. The molecule has 0 atom stereocenters. The number of hydrogen-bond acceptors (Lipinski definition) is 2. The number of nitrogens with two attached hydrogens (primary N) is 1. The molecule has 4 nitrogen and oxygen atoms in total. The fourth-order valence-electron chi connectivity index (χ4n) is 2.22. The van der Waals surface area contributed by atoms with Gasteiger partial charge < -0.3 is 16.2 Å². The molecule has 2 aliphatic rings. The Morgan fingerprint density at radius 1 is 1.38 bits per heavy atom.